The fourth-order valence-corrected chi connectivity index (χ4v) is 3.20. The van der Waals surface area contributed by atoms with E-state index in [-0.39, 0.29) is 6.10 Å². The van der Waals surface area contributed by atoms with Crippen LogP contribution in [0.1, 0.15) is 19.8 Å². The van der Waals surface area contributed by atoms with Crippen molar-refractivity contribution < 1.29 is 9.16 Å². The molecule has 80 valence electrons. The summed E-state index contributed by atoms with van der Waals surface area (Å²) in [6.45, 7) is 9.03. The first-order valence-corrected chi connectivity index (χ1v) is 8.55. The third-order valence-electron chi connectivity index (χ3n) is 2.22. The summed E-state index contributed by atoms with van der Waals surface area (Å²) >= 11 is 0. The van der Waals surface area contributed by atoms with Crippen LogP contribution in [0.4, 0.5) is 0 Å². The van der Waals surface area contributed by atoms with Gasteiger partial charge in [0, 0.05) is 19.4 Å². The molecule has 4 heteroatoms. The molecule has 0 aromatic carbocycles. The Morgan fingerprint density at radius 3 is 2.36 bits per heavy atom. The predicted molar refractivity (Wildman–Crippen MR) is 57.4 cm³/mol. The van der Waals surface area contributed by atoms with Gasteiger partial charge < -0.3 is 9.16 Å². The maximum absolute atomic E-state index is 9.08. The van der Waals surface area contributed by atoms with E-state index in [4.69, 9.17) is 14.4 Å². The molecule has 0 radical (unpaired) electrons. The van der Waals surface area contributed by atoms with E-state index in [0.717, 1.165) is 19.4 Å². The second-order valence-corrected chi connectivity index (χ2v) is 9.23. The Hall–Kier alpha value is -0.373. The van der Waals surface area contributed by atoms with Gasteiger partial charge in [0.2, 0.25) is 0 Å². The van der Waals surface area contributed by atoms with Gasteiger partial charge in [-0.25, -0.2) is 0 Å². The lowest BCUT2D eigenvalue weighted by molar-refractivity contribution is -0.0954. The van der Waals surface area contributed by atoms with Gasteiger partial charge in [0.05, 0.1) is 12.2 Å². The maximum atomic E-state index is 9.08. The van der Waals surface area contributed by atoms with E-state index in [2.05, 4.69) is 25.7 Å². The van der Waals surface area contributed by atoms with Crippen molar-refractivity contribution in [2.75, 3.05) is 6.61 Å². The average molecular weight is 213 g/mol. The molecule has 0 atom stereocenters. The molecular formula is C10H19NO2Si. The average Bonchev–Trinajstić information content (AvgIpc) is 1.98. The number of nitriles is 1. The molecule has 0 heterocycles. The molecule has 0 aromatic rings. The molecule has 0 amide bonds. The molecule has 0 bridgehead atoms. The first-order chi connectivity index (χ1) is 6.41. The Bertz CT molecular complexity index is 235. The fraction of sp³-hybridized carbons (Fsp3) is 0.900. The molecule has 1 rings (SSSR count). The fourth-order valence-electron chi connectivity index (χ4n) is 1.81. The van der Waals surface area contributed by atoms with Crippen molar-refractivity contribution in [1.29, 1.82) is 5.26 Å². The quantitative estimate of drug-likeness (QED) is 0.673. The lowest BCUT2D eigenvalue weighted by atomic mass is 9.79. The molecule has 1 fully saturated rings. The van der Waals surface area contributed by atoms with Gasteiger partial charge in [0.1, 0.15) is 5.60 Å². The number of nitrogens with zero attached hydrogens (tertiary/aromatic N) is 1. The van der Waals surface area contributed by atoms with Crippen molar-refractivity contribution in [1.82, 2.24) is 0 Å². The minimum atomic E-state index is -1.61. The summed E-state index contributed by atoms with van der Waals surface area (Å²) in [7, 11) is -1.61. The van der Waals surface area contributed by atoms with Gasteiger partial charge in [0.15, 0.2) is 8.32 Å². The van der Waals surface area contributed by atoms with Gasteiger partial charge in [-0.05, 0) is 26.6 Å². The van der Waals surface area contributed by atoms with E-state index in [1.165, 1.54) is 0 Å². The second kappa shape index (κ2) is 4.01. The molecule has 1 aliphatic carbocycles. The van der Waals surface area contributed by atoms with E-state index in [1.807, 2.05) is 6.92 Å². The van der Waals surface area contributed by atoms with E-state index in [9.17, 15) is 0 Å². The molecule has 0 unspecified atom stereocenters. The molecule has 1 aliphatic rings. The van der Waals surface area contributed by atoms with E-state index in [0.29, 0.717) is 0 Å². The highest BCUT2D eigenvalue weighted by Crippen LogP contribution is 2.39. The Balaban J connectivity index is 2.46. The summed E-state index contributed by atoms with van der Waals surface area (Å²) in [5, 5.41) is 9.08. The summed E-state index contributed by atoms with van der Waals surface area (Å²) in [5.74, 6) is 0. The number of hydrogen-bond donors (Lipinski definition) is 0. The maximum Gasteiger partial charge on any atom is 0.185 e. The van der Waals surface area contributed by atoms with Crippen molar-refractivity contribution in [2.45, 2.75) is 51.1 Å². The zero-order chi connectivity index (χ0) is 10.8. The Labute approximate surface area is 87.1 Å². The number of hydrogen-bond acceptors (Lipinski definition) is 3. The highest BCUT2D eigenvalue weighted by Gasteiger charge is 2.48. The minimum Gasteiger partial charge on any atom is -0.400 e. The second-order valence-electron chi connectivity index (χ2n) is 4.81. The van der Waals surface area contributed by atoms with Crippen molar-refractivity contribution in [3.05, 3.63) is 0 Å². The lowest BCUT2D eigenvalue weighted by Crippen LogP contribution is -2.54. The summed E-state index contributed by atoms with van der Waals surface area (Å²) in [6, 6.07) is 2.29. The van der Waals surface area contributed by atoms with Crippen LogP contribution >= 0.6 is 0 Å². The summed E-state index contributed by atoms with van der Waals surface area (Å²) in [5.41, 5.74) is -0.537. The smallest absolute Gasteiger partial charge is 0.185 e. The van der Waals surface area contributed by atoms with Crippen LogP contribution in [0.25, 0.3) is 0 Å². The topological polar surface area (TPSA) is 42.2 Å². The van der Waals surface area contributed by atoms with Crippen LogP contribution in [-0.4, -0.2) is 26.6 Å². The van der Waals surface area contributed by atoms with Crippen LogP contribution in [-0.2, 0) is 9.16 Å². The lowest BCUT2D eigenvalue weighted by Gasteiger charge is -2.45. The van der Waals surface area contributed by atoms with E-state index >= 15 is 0 Å². The van der Waals surface area contributed by atoms with Crippen molar-refractivity contribution in [3.63, 3.8) is 0 Å². The predicted octanol–water partition coefficient (Wildman–Crippen LogP) is 2.30. The standard InChI is InChI=1S/C10H19NO2Si/c1-5-12-9-6-10(7-9,8-11)13-14(2,3)4/h9H,5-7H2,1-4H3. The van der Waals surface area contributed by atoms with Crippen LogP contribution in [0.3, 0.4) is 0 Å². The zero-order valence-electron chi connectivity index (χ0n) is 9.46. The highest BCUT2D eigenvalue weighted by atomic mass is 28.4. The molecule has 0 saturated heterocycles. The summed E-state index contributed by atoms with van der Waals surface area (Å²) in [6.07, 6.45) is 1.71. The van der Waals surface area contributed by atoms with Crippen LogP contribution in [0.2, 0.25) is 19.6 Å². The Morgan fingerprint density at radius 2 is 2.00 bits per heavy atom. The normalized spacial score (nSPS) is 32.1. The minimum absolute atomic E-state index is 0.232. The number of rotatable bonds is 4. The molecule has 0 N–H and O–H groups in total. The summed E-state index contributed by atoms with van der Waals surface area (Å²) < 4.78 is 11.3. The zero-order valence-corrected chi connectivity index (χ0v) is 10.5. The third kappa shape index (κ3) is 2.81. The van der Waals surface area contributed by atoms with Crippen molar-refractivity contribution >= 4 is 8.32 Å². The van der Waals surface area contributed by atoms with Crippen molar-refractivity contribution in [3.8, 4) is 6.07 Å². The monoisotopic (exact) mass is 213 g/mol. The molecule has 1 saturated carbocycles. The molecule has 14 heavy (non-hydrogen) atoms. The van der Waals surface area contributed by atoms with E-state index in [1.54, 1.807) is 0 Å². The largest absolute Gasteiger partial charge is 0.400 e. The van der Waals surface area contributed by atoms with E-state index < -0.39 is 13.9 Å². The van der Waals surface area contributed by atoms with Crippen LogP contribution < -0.4 is 0 Å². The third-order valence-corrected chi connectivity index (χ3v) is 3.23. The highest BCUT2D eigenvalue weighted by molar-refractivity contribution is 6.69. The molecule has 3 nitrogen and oxygen atoms in total. The molecule has 0 aliphatic heterocycles. The van der Waals surface area contributed by atoms with Gasteiger partial charge >= 0.3 is 0 Å². The molecular weight excluding hydrogens is 194 g/mol. The van der Waals surface area contributed by atoms with Gasteiger partial charge in [-0.3, -0.25) is 0 Å². The van der Waals surface area contributed by atoms with Gasteiger partial charge in [-0.15, -0.1) is 0 Å². The Kier molecular flexibility index (Phi) is 3.35. The first kappa shape index (κ1) is 11.7. The van der Waals surface area contributed by atoms with Gasteiger partial charge in [-0.2, -0.15) is 5.26 Å². The number of ether oxygens (including phenoxy) is 1. The first-order valence-electron chi connectivity index (χ1n) is 5.14. The van der Waals surface area contributed by atoms with Crippen LogP contribution in [0.5, 0.6) is 0 Å². The molecule has 0 spiro atoms. The summed E-state index contributed by atoms with van der Waals surface area (Å²) in [4.78, 5) is 0. The SMILES string of the molecule is CCOC1CC(C#N)(O[Si](C)(C)C)C1. The van der Waals surface area contributed by atoms with Gasteiger partial charge in [-0.1, -0.05) is 0 Å². The van der Waals surface area contributed by atoms with Gasteiger partial charge in [0.25, 0.3) is 0 Å². The van der Waals surface area contributed by atoms with Crippen molar-refractivity contribution in [2.24, 2.45) is 0 Å². The Morgan fingerprint density at radius 1 is 1.43 bits per heavy atom. The van der Waals surface area contributed by atoms with Crippen LogP contribution in [0.15, 0.2) is 0 Å². The molecule has 0 aromatic heterocycles. The van der Waals surface area contributed by atoms with Crippen LogP contribution in [0, 0.1) is 11.3 Å².